The predicted molar refractivity (Wildman–Crippen MR) is 119 cm³/mol. The van der Waals surface area contributed by atoms with Gasteiger partial charge in [-0.15, -0.1) is 10.2 Å². The molecule has 5 rings (SSSR count). The highest BCUT2D eigenvalue weighted by Crippen LogP contribution is 2.27. The van der Waals surface area contributed by atoms with E-state index in [0.29, 0.717) is 23.3 Å². The Morgan fingerprint density at radius 1 is 0.935 bits per heavy atom. The largest absolute Gasteiger partial charge is 0.508 e. The molecular formula is C23H18N6O2. The van der Waals surface area contributed by atoms with Crippen LogP contribution in [0.5, 0.6) is 11.5 Å². The number of hydrazone groups is 1. The molecule has 0 bridgehead atoms. The summed E-state index contributed by atoms with van der Waals surface area (Å²) in [5, 5.41) is 33.0. The van der Waals surface area contributed by atoms with Crippen LogP contribution in [0.1, 0.15) is 11.1 Å². The van der Waals surface area contributed by atoms with Gasteiger partial charge in [-0.3, -0.25) is 0 Å². The minimum absolute atomic E-state index is 0.000771. The van der Waals surface area contributed by atoms with E-state index in [2.05, 4.69) is 42.4 Å². The maximum absolute atomic E-state index is 9.85. The summed E-state index contributed by atoms with van der Waals surface area (Å²) in [6.07, 6.45) is 1.38. The Labute approximate surface area is 177 Å². The quantitative estimate of drug-likeness (QED) is 0.230. The van der Waals surface area contributed by atoms with Gasteiger partial charge in [0.15, 0.2) is 5.65 Å². The molecule has 5 aromatic rings. The van der Waals surface area contributed by atoms with Crippen LogP contribution in [-0.2, 0) is 6.54 Å². The van der Waals surface area contributed by atoms with Crippen molar-refractivity contribution >= 4 is 34.2 Å². The maximum atomic E-state index is 9.85. The maximum Gasteiger partial charge on any atom is 0.265 e. The number of para-hydroxylation sites is 1. The Morgan fingerprint density at radius 3 is 2.61 bits per heavy atom. The van der Waals surface area contributed by atoms with Crippen LogP contribution in [0.4, 0.5) is 5.95 Å². The van der Waals surface area contributed by atoms with E-state index >= 15 is 0 Å². The van der Waals surface area contributed by atoms with Crippen molar-refractivity contribution in [3.8, 4) is 11.5 Å². The summed E-state index contributed by atoms with van der Waals surface area (Å²) in [5.41, 5.74) is 6.68. The van der Waals surface area contributed by atoms with E-state index in [1.807, 2.05) is 42.5 Å². The monoisotopic (exact) mass is 410 g/mol. The number of nitrogens with one attached hydrogen (secondary N) is 1. The third-order valence-electron chi connectivity index (χ3n) is 4.94. The van der Waals surface area contributed by atoms with Gasteiger partial charge in [0.05, 0.1) is 11.7 Å². The molecule has 2 heterocycles. The molecule has 2 aromatic heterocycles. The van der Waals surface area contributed by atoms with Gasteiger partial charge in [-0.25, -0.2) is 5.43 Å². The van der Waals surface area contributed by atoms with Crippen LogP contribution < -0.4 is 5.43 Å². The number of anilines is 1. The first-order valence-electron chi connectivity index (χ1n) is 9.66. The Bertz CT molecular complexity index is 1410. The number of hydrogen-bond donors (Lipinski definition) is 3. The molecule has 0 saturated carbocycles. The molecule has 8 heteroatoms. The molecule has 0 amide bonds. The molecule has 0 unspecified atom stereocenters. The van der Waals surface area contributed by atoms with Crippen molar-refractivity contribution in [1.29, 1.82) is 0 Å². The molecule has 0 aliphatic carbocycles. The van der Waals surface area contributed by atoms with Crippen molar-refractivity contribution in [3.05, 3.63) is 83.9 Å². The van der Waals surface area contributed by atoms with Crippen LogP contribution in [0.25, 0.3) is 22.1 Å². The fraction of sp³-hybridized carbons (Fsp3) is 0.0435. The lowest BCUT2D eigenvalue weighted by Gasteiger charge is -2.07. The lowest BCUT2D eigenvalue weighted by Crippen LogP contribution is -2.04. The second-order valence-corrected chi connectivity index (χ2v) is 7.01. The summed E-state index contributed by atoms with van der Waals surface area (Å²) in [7, 11) is 0. The van der Waals surface area contributed by atoms with Gasteiger partial charge in [0.1, 0.15) is 17.0 Å². The first-order valence-corrected chi connectivity index (χ1v) is 9.66. The molecule has 0 fully saturated rings. The number of nitrogens with zero attached hydrogens (tertiary/aromatic N) is 5. The fourth-order valence-corrected chi connectivity index (χ4v) is 3.48. The Kier molecular flexibility index (Phi) is 4.64. The summed E-state index contributed by atoms with van der Waals surface area (Å²) >= 11 is 0. The van der Waals surface area contributed by atoms with Crippen molar-refractivity contribution < 1.29 is 10.2 Å². The average Bonchev–Trinajstić information content (AvgIpc) is 3.10. The van der Waals surface area contributed by atoms with E-state index in [0.717, 1.165) is 16.5 Å². The molecule has 31 heavy (non-hydrogen) atoms. The van der Waals surface area contributed by atoms with E-state index in [1.165, 1.54) is 24.4 Å². The summed E-state index contributed by atoms with van der Waals surface area (Å²) in [4.78, 5) is 4.63. The number of aromatic nitrogens is 4. The van der Waals surface area contributed by atoms with E-state index < -0.39 is 0 Å². The number of benzene rings is 3. The highest BCUT2D eigenvalue weighted by Gasteiger charge is 2.14. The number of hydrogen-bond acceptors (Lipinski definition) is 7. The zero-order valence-electron chi connectivity index (χ0n) is 16.3. The van der Waals surface area contributed by atoms with Gasteiger partial charge in [0.2, 0.25) is 0 Å². The molecule has 8 nitrogen and oxygen atoms in total. The third-order valence-corrected chi connectivity index (χ3v) is 4.94. The highest BCUT2D eigenvalue weighted by atomic mass is 16.3. The molecular weight excluding hydrogens is 392 g/mol. The fourth-order valence-electron chi connectivity index (χ4n) is 3.48. The van der Waals surface area contributed by atoms with Gasteiger partial charge in [-0.05, 0) is 29.8 Å². The Balaban J connectivity index is 1.52. The van der Waals surface area contributed by atoms with Gasteiger partial charge in [-0.1, -0.05) is 48.5 Å². The van der Waals surface area contributed by atoms with E-state index in [1.54, 1.807) is 0 Å². The zero-order valence-corrected chi connectivity index (χ0v) is 16.3. The third kappa shape index (κ3) is 3.62. The molecule has 152 valence electrons. The van der Waals surface area contributed by atoms with Crippen molar-refractivity contribution in [2.75, 3.05) is 5.43 Å². The molecule has 0 atom stereocenters. The molecule has 0 aliphatic heterocycles. The predicted octanol–water partition coefficient (Wildman–Crippen LogP) is 3.89. The van der Waals surface area contributed by atoms with Crippen LogP contribution in [0.15, 0.2) is 77.9 Å². The standard InChI is InChI=1S/C23H18N6O2/c30-17-10-11-20(31)16(12-17)13-24-27-23-25-22-21(26-28-23)18-8-4-5-9-19(18)29(22)14-15-6-2-1-3-7-15/h1-13,30-31H,14H2,(H,25,27,28)/b24-13-. The second-order valence-electron chi connectivity index (χ2n) is 7.01. The van der Waals surface area contributed by atoms with Crippen LogP contribution in [0, 0.1) is 0 Å². The Morgan fingerprint density at radius 2 is 1.74 bits per heavy atom. The minimum Gasteiger partial charge on any atom is -0.508 e. The molecule has 0 spiro atoms. The summed E-state index contributed by atoms with van der Waals surface area (Å²) < 4.78 is 2.10. The molecule has 3 N–H and O–H groups in total. The number of aromatic hydroxyl groups is 2. The molecule has 0 saturated heterocycles. The van der Waals surface area contributed by atoms with E-state index in [-0.39, 0.29) is 17.4 Å². The lowest BCUT2D eigenvalue weighted by molar-refractivity contribution is 0.459. The summed E-state index contributed by atoms with van der Waals surface area (Å²) in [6.45, 7) is 0.642. The van der Waals surface area contributed by atoms with Crippen molar-refractivity contribution in [1.82, 2.24) is 19.7 Å². The smallest absolute Gasteiger partial charge is 0.265 e. The van der Waals surface area contributed by atoms with Gasteiger partial charge in [0.25, 0.3) is 5.95 Å². The van der Waals surface area contributed by atoms with Crippen LogP contribution in [0.2, 0.25) is 0 Å². The Hall–Kier alpha value is -4.46. The molecule has 0 radical (unpaired) electrons. The van der Waals surface area contributed by atoms with E-state index in [4.69, 9.17) is 0 Å². The van der Waals surface area contributed by atoms with Gasteiger partial charge >= 0.3 is 0 Å². The second kappa shape index (κ2) is 7.75. The molecule has 0 aliphatic rings. The van der Waals surface area contributed by atoms with Crippen LogP contribution in [0.3, 0.4) is 0 Å². The molecule has 3 aromatic carbocycles. The topological polar surface area (TPSA) is 108 Å². The average molecular weight is 410 g/mol. The van der Waals surface area contributed by atoms with Crippen LogP contribution in [-0.4, -0.2) is 36.2 Å². The van der Waals surface area contributed by atoms with Crippen LogP contribution >= 0.6 is 0 Å². The first-order chi connectivity index (χ1) is 15.2. The van der Waals surface area contributed by atoms with E-state index in [9.17, 15) is 10.2 Å². The van der Waals surface area contributed by atoms with Gasteiger partial charge < -0.3 is 14.8 Å². The van der Waals surface area contributed by atoms with Crippen molar-refractivity contribution in [3.63, 3.8) is 0 Å². The number of phenols is 2. The number of rotatable bonds is 5. The minimum atomic E-state index is 0.000771. The number of fused-ring (bicyclic) bond motifs is 3. The summed E-state index contributed by atoms with van der Waals surface area (Å²) in [5.74, 6) is 0.255. The van der Waals surface area contributed by atoms with Gasteiger partial charge in [0, 0.05) is 17.5 Å². The highest BCUT2D eigenvalue weighted by molar-refractivity contribution is 6.04. The normalized spacial score (nSPS) is 11.5. The van der Waals surface area contributed by atoms with Crippen molar-refractivity contribution in [2.24, 2.45) is 5.10 Å². The lowest BCUT2D eigenvalue weighted by atomic mass is 10.2. The first kappa shape index (κ1) is 18.6. The number of phenolic OH excluding ortho intramolecular Hbond substituents is 2. The SMILES string of the molecule is Oc1ccc(O)c(/C=N\Nc2nnc3c4ccccc4n(Cc4ccccc4)c3n2)c1. The zero-order chi connectivity index (χ0) is 21.2. The van der Waals surface area contributed by atoms with Gasteiger partial charge in [-0.2, -0.15) is 10.1 Å². The van der Waals surface area contributed by atoms with Crippen molar-refractivity contribution in [2.45, 2.75) is 6.54 Å². The summed E-state index contributed by atoms with van der Waals surface area (Å²) in [6, 6.07) is 22.3.